The van der Waals surface area contributed by atoms with Gasteiger partial charge >= 0.3 is 12.1 Å². The normalized spacial score (nSPS) is 19.5. The van der Waals surface area contributed by atoms with Crippen molar-refractivity contribution in [2.45, 2.75) is 18.9 Å². The minimum atomic E-state index is -0.350. The Balaban J connectivity index is 1.48. The van der Waals surface area contributed by atoms with Gasteiger partial charge in [-0.2, -0.15) is 0 Å². The smallest absolute Gasteiger partial charge is 0.414 e. The highest BCUT2D eigenvalue weighted by Gasteiger charge is 2.30. The molecule has 2 saturated heterocycles. The van der Waals surface area contributed by atoms with Gasteiger partial charge in [0.15, 0.2) is 0 Å². The van der Waals surface area contributed by atoms with E-state index in [4.69, 9.17) is 4.74 Å². The Hall–Kier alpha value is -3.02. The SMILES string of the molecule is O=C1OCCN1c1cccc(NC(=O)N2CCCC2c2ccccc2)c1. The highest BCUT2D eigenvalue weighted by molar-refractivity contribution is 5.93. The average molecular weight is 351 g/mol. The first-order chi connectivity index (χ1) is 12.7. The molecule has 3 amide bonds. The molecule has 134 valence electrons. The summed E-state index contributed by atoms with van der Waals surface area (Å²) in [6.45, 7) is 1.66. The molecule has 4 rings (SSSR count). The van der Waals surface area contributed by atoms with E-state index >= 15 is 0 Å². The summed E-state index contributed by atoms with van der Waals surface area (Å²) in [5, 5.41) is 2.97. The monoisotopic (exact) mass is 351 g/mol. The highest BCUT2D eigenvalue weighted by atomic mass is 16.6. The number of carbonyl (C=O) groups is 2. The number of cyclic esters (lactones) is 1. The van der Waals surface area contributed by atoms with Crippen LogP contribution in [0.15, 0.2) is 54.6 Å². The molecule has 6 nitrogen and oxygen atoms in total. The van der Waals surface area contributed by atoms with Crippen LogP contribution in [0.2, 0.25) is 0 Å². The number of hydrogen-bond donors (Lipinski definition) is 1. The number of hydrogen-bond acceptors (Lipinski definition) is 3. The number of ether oxygens (including phenoxy) is 1. The summed E-state index contributed by atoms with van der Waals surface area (Å²) in [6.07, 6.45) is 1.61. The molecule has 0 saturated carbocycles. The summed E-state index contributed by atoms with van der Waals surface area (Å²) < 4.78 is 4.98. The Bertz CT molecular complexity index is 809. The standard InChI is InChI=1S/C20H21N3O3/c24-19(23-11-5-10-18(23)15-6-2-1-3-7-15)21-16-8-4-9-17(14-16)22-12-13-26-20(22)25/h1-4,6-9,14,18H,5,10-13H2,(H,21,24). The lowest BCUT2D eigenvalue weighted by Gasteiger charge is -2.25. The van der Waals surface area contributed by atoms with E-state index in [2.05, 4.69) is 17.4 Å². The minimum Gasteiger partial charge on any atom is -0.447 e. The Morgan fingerprint density at radius 2 is 1.92 bits per heavy atom. The van der Waals surface area contributed by atoms with Crippen molar-refractivity contribution in [3.63, 3.8) is 0 Å². The van der Waals surface area contributed by atoms with Crippen molar-refractivity contribution in [2.75, 3.05) is 29.9 Å². The van der Waals surface area contributed by atoms with Gasteiger partial charge in [-0.15, -0.1) is 0 Å². The van der Waals surface area contributed by atoms with Gasteiger partial charge < -0.3 is 15.0 Å². The van der Waals surface area contributed by atoms with Gasteiger partial charge in [-0.3, -0.25) is 4.90 Å². The van der Waals surface area contributed by atoms with E-state index < -0.39 is 0 Å². The number of carbonyl (C=O) groups excluding carboxylic acids is 2. The maximum absolute atomic E-state index is 12.8. The van der Waals surface area contributed by atoms with Gasteiger partial charge in [0, 0.05) is 17.9 Å². The van der Waals surface area contributed by atoms with Gasteiger partial charge in [0.1, 0.15) is 6.61 Å². The molecule has 1 atom stereocenters. The van der Waals surface area contributed by atoms with Crippen molar-refractivity contribution in [2.24, 2.45) is 0 Å². The van der Waals surface area contributed by atoms with Crippen LogP contribution in [-0.4, -0.2) is 36.7 Å². The third-order valence-corrected chi connectivity index (χ3v) is 4.87. The van der Waals surface area contributed by atoms with Gasteiger partial charge in [-0.1, -0.05) is 36.4 Å². The van der Waals surface area contributed by atoms with Crippen LogP contribution in [0.25, 0.3) is 0 Å². The maximum Gasteiger partial charge on any atom is 0.414 e. The number of urea groups is 1. The van der Waals surface area contributed by atoms with E-state index in [1.807, 2.05) is 41.3 Å². The first-order valence-electron chi connectivity index (χ1n) is 8.89. The molecule has 2 aromatic carbocycles. The summed E-state index contributed by atoms with van der Waals surface area (Å²) >= 11 is 0. The van der Waals surface area contributed by atoms with Crippen molar-refractivity contribution < 1.29 is 14.3 Å². The molecule has 0 aliphatic carbocycles. The molecule has 0 radical (unpaired) electrons. The second-order valence-corrected chi connectivity index (χ2v) is 6.51. The van der Waals surface area contributed by atoms with Crippen LogP contribution in [-0.2, 0) is 4.74 Å². The number of nitrogens with one attached hydrogen (secondary N) is 1. The van der Waals surface area contributed by atoms with Crippen LogP contribution >= 0.6 is 0 Å². The van der Waals surface area contributed by atoms with Gasteiger partial charge in [-0.25, -0.2) is 9.59 Å². The molecule has 0 bridgehead atoms. The first-order valence-corrected chi connectivity index (χ1v) is 8.89. The van der Waals surface area contributed by atoms with E-state index in [0.29, 0.717) is 18.8 Å². The van der Waals surface area contributed by atoms with Crippen molar-refractivity contribution in [1.82, 2.24) is 4.90 Å². The lowest BCUT2D eigenvalue weighted by molar-refractivity contribution is 0.181. The summed E-state index contributed by atoms with van der Waals surface area (Å²) in [4.78, 5) is 28.0. The topological polar surface area (TPSA) is 61.9 Å². The van der Waals surface area contributed by atoms with Crippen LogP contribution in [0.5, 0.6) is 0 Å². The van der Waals surface area contributed by atoms with Gasteiger partial charge in [-0.05, 0) is 36.6 Å². The molecule has 2 heterocycles. The second kappa shape index (κ2) is 7.07. The number of nitrogens with zero attached hydrogens (tertiary/aromatic N) is 2. The van der Waals surface area contributed by atoms with Crippen LogP contribution in [0.3, 0.4) is 0 Å². The molecule has 2 aromatic rings. The molecule has 2 aliphatic rings. The Labute approximate surface area is 152 Å². The van der Waals surface area contributed by atoms with E-state index in [1.54, 1.807) is 11.0 Å². The molecule has 1 N–H and O–H groups in total. The van der Waals surface area contributed by atoms with Gasteiger partial charge in [0.2, 0.25) is 0 Å². The molecular formula is C20H21N3O3. The van der Waals surface area contributed by atoms with Crippen molar-refractivity contribution in [1.29, 1.82) is 0 Å². The fraction of sp³-hybridized carbons (Fsp3) is 0.300. The van der Waals surface area contributed by atoms with Crippen LogP contribution in [0.4, 0.5) is 21.0 Å². The highest BCUT2D eigenvalue weighted by Crippen LogP contribution is 2.32. The zero-order chi connectivity index (χ0) is 17.9. The largest absolute Gasteiger partial charge is 0.447 e. The molecule has 0 aromatic heterocycles. The minimum absolute atomic E-state index is 0.105. The number of anilines is 2. The van der Waals surface area contributed by atoms with Crippen molar-refractivity contribution in [3.8, 4) is 0 Å². The average Bonchev–Trinajstić information content (AvgIpc) is 3.31. The lowest BCUT2D eigenvalue weighted by atomic mass is 10.1. The zero-order valence-corrected chi connectivity index (χ0v) is 14.4. The summed E-state index contributed by atoms with van der Waals surface area (Å²) in [5.41, 5.74) is 2.56. The number of benzene rings is 2. The maximum atomic E-state index is 12.8. The van der Waals surface area contributed by atoms with Gasteiger partial charge in [0.25, 0.3) is 0 Å². The quantitative estimate of drug-likeness (QED) is 0.909. The summed E-state index contributed by atoms with van der Waals surface area (Å²) in [7, 11) is 0. The second-order valence-electron chi connectivity index (χ2n) is 6.51. The molecular weight excluding hydrogens is 330 g/mol. The molecule has 26 heavy (non-hydrogen) atoms. The number of amides is 3. The molecule has 2 fully saturated rings. The lowest BCUT2D eigenvalue weighted by Crippen LogP contribution is -2.34. The van der Waals surface area contributed by atoms with Crippen LogP contribution in [0, 0.1) is 0 Å². The third-order valence-electron chi connectivity index (χ3n) is 4.87. The predicted molar refractivity (Wildman–Crippen MR) is 99.3 cm³/mol. The fourth-order valence-electron chi connectivity index (χ4n) is 3.61. The molecule has 1 unspecified atom stereocenters. The van der Waals surface area contributed by atoms with Crippen molar-refractivity contribution in [3.05, 3.63) is 60.2 Å². The molecule has 2 aliphatic heterocycles. The molecule has 6 heteroatoms. The van der Waals surface area contributed by atoms with E-state index in [1.165, 1.54) is 0 Å². The van der Waals surface area contributed by atoms with Crippen molar-refractivity contribution >= 4 is 23.5 Å². The van der Waals surface area contributed by atoms with E-state index in [9.17, 15) is 9.59 Å². The van der Waals surface area contributed by atoms with E-state index in [0.717, 1.165) is 30.6 Å². The Kier molecular flexibility index (Phi) is 4.48. The summed E-state index contributed by atoms with van der Waals surface area (Å²) in [5.74, 6) is 0. The van der Waals surface area contributed by atoms with Crippen LogP contribution in [0.1, 0.15) is 24.4 Å². The first kappa shape index (κ1) is 16.4. The van der Waals surface area contributed by atoms with E-state index in [-0.39, 0.29) is 18.2 Å². The number of rotatable bonds is 3. The fourth-order valence-corrected chi connectivity index (χ4v) is 3.61. The Morgan fingerprint density at radius 1 is 1.08 bits per heavy atom. The Morgan fingerprint density at radius 3 is 2.69 bits per heavy atom. The predicted octanol–water partition coefficient (Wildman–Crippen LogP) is 4.01. The van der Waals surface area contributed by atoms with Gasteiger partial charge in [0.05, 0.1) is 12.6 Å². The summed E-state index contributed by atoms with van der Waals surface area (Å²) in [6, 6.07) is 17.4. The zero-order valence-electron chi connectivity index (χ0n) is 14.4. The number of likely N-dealkylation sites (tertiary alicyclic amines) is 1. The molecule has 0 spiro atoms. The third kappa shape index (κ3) is 3.22. The van der Waals surface area contributed by atoms with Crippen LogP contribution < -0.4 is 10.2 Å².